The van der Waals surface area contributed by atoms with Gasteiger partial charge in [0.15, 0.2) is 0 Å². The maximum Gasteiger partial charge on any atom is 0.143 e. The van der Waals surface area contributed by atoms with E-state index in [2.05, 4.69) is 407 Å². The van der Waals surface area contributed by atoms with Gasteiger partial charge in [0, 0.05) is 150 Å². The summed E-state index contributed by atoms with van der Waals surface area (Å²) in [4.78, 5) is 10.5. The van der Waals surface area contributed by atoms with E-state index in [0.717, 1.165) is 49.4 Å². The second kappa shape index (κ2) is 29.3. The molecule has 0 spiro atoms. The fraction of sp³-hybridized carbons (Fsp3) is 0. The summed E-state index contributed by atoms with van der Waals surface area (Å²) in [7, 11) is 0. The molecule has 0 amide bonds. The average Bonchev–Trinajstić information content (AvgIpc) is 1.57. The zero-order chi connectivity index (χ0) is 86.1. The molecule has 0 bridgehead atoms. The molecule has 0 N–H and O–H groups in total. The molecule has 8 aromatic heterocycles. The molecule has 616 valence electrons. The molecule has 0 unspecified atom stereocenters. The van der Waals surface area contributed by atoms with Crippen molar-refractivity contribution in [1.29, 1.82) is 0 Å². The summed E-state index contributed by atoms with van der Waals surface area (Å²) >= 11 is 11.2. The van der Waals surface area contributed by atoms with Gasteiger partial charge < -0.3 is 27.1 Å². The van der Waals surface area contributed by atoms with E-state index in [0.29, 0.717) is 0 Å². The predicted octanol–water partition coefficient (Wildman–Crippen LogP) is 36.2. The molecule has 32 rings (SSSR count). The molecule has 12 heterocycles. The summed E-state index contributed by atoms with van der Waals surface area (Å²) in [6.45, 7) is 0. The Morgan fingerprint density at radius 1 is 0.174 bits per heavy atom. The zero-order valence-corrected chi connectivity index (χ0v) is 75.2. The fourth-order valence-corrected chi connectivity index (χ4v) is 28.0. The number of furan rings is 2. The highest BCUT2D eigenvalue weighted by atomic mass is 32.2. The Labute approximate surface area is 780 Å². The summed E-state index contributed by atoms with van der Waals surface area (Å²) < 4.78 is 27.6. The molecule has 0 radical (unpaired) electrons. The van der Waals surface area contributed by atoms with Crippen LogP contribution in [-0.4, -0.2) is 18.3 Å². The molecule has 0 aliphatic carbocycles. The van der Waals surface area contributed by atoms with Crippen molar-refractivity contribution >= 4 is 241 Å². The van der Waals surface area contributed by atoms with Gasteiger partial charge in [0.05, 0.1) is 66.9 Å². The Morgan fingerprint density at radius 2 is 0.477 bits per heavy atom. The Morgan fingerprint density at radius 3 is 0.962 bits per heavy atom. The molecule has 132 heavy (non-hydrogen) atoms. The quantitative estimate of drug-likeness (QED) is 0.175. The number of rotatable bonds is 4. The number of thiophene rings is 2. The number of para-hydroxylation sites is 11. The van der Waals surface area contributed by atoms with E-state index in [1.807, 2.05) is 94.0 Å². The molecule has 28 aromatic rings. The first-order valence-electron chi connectivity index (χ1n) is 44.5. The third kappa shape index (κ3) is 11.4. The van der Waals surface area contributed by atoms with Crippen LogP contribution in [0.2, 0.25) is 0 Å². The third-order valence-electron chi connectivity index (χ3n) is 27.2. The zero-order valence-electron chi connectivity index (χ0n) is 70.3. The van der Waals surface area contributed by atoms with Crippen LogP contribution in [0.5, 0.6) is 0 Å². The van der Waals surface area contributed by atoms with Gasteiger partial charge in [-0.15, -0.1) is 22.7 Å². The smallest absolute Gasteiger partial charge is 0.143 e. The van der Waals surface area contributed by atoms with Crippen molar-refractivity contribution in [2.45, 2.75) is 39.2 Å². The van der Waals surface area contributed by atoms with Crippen LogP contribution in [0, 0.1) is 0 Å². The Balaban J connectivity index is 0.0000000862. The van der Waals surface area contributed by atoms with E-state index in [1.165, 1.54) is 228 Å². The Hall–Kier alpha value is -15.0. The molecule has 20 aromatic carbocycles. The first-order chi connectivity index (χ1) is 65.4. The van der Waals surface area contributed by atoms with E-state index < -0.39 is 0 Å². The lowest BCUT2D eigenvalue weighted by Crippen LogP contribution is -2.00. The van der Waals surface area contributed by atoms with Crippen molar-refractivity contribution in [1.82, 2.24) is 18.3 Å². The Kier molecular flexibility index (Phi) is 16.6. The minimum atomic E-state index is 0.932. The van der Waals surface area contributed by atoms with Gasteiger partial charge in [-0.1, -0.05) is 290 Å². The number of hydrogen-bond acceptors (Lipinski definition) is 8. The molecule has 6 nitrogen and oxygen atoms in total. The van der Waals surface area contributed by atoms with Crippen molar-refractivity contribution in [2.75, 3.05) is 0 Å². The topological polar surface area (TPSA) is 46.0 Å². The summed E-state index contributed by atoms with van der Waals surface area (Å²) in [5, 5.41) is 20.5. The predicted molar refractivity (Wildman–Crippen MR) is 562 cm³/mol. The molecular weight excluding hydrogens is 1720 g/mol. The van der Waals surface area contributed by atoms with Gasteiger partial charge in [-0.05, 0) is 209 Å². The second-order valence-electron chi connectivity index (χ2n) is 34.3. The minimum absolute atomic E-state index is 0.932. The summed E-state index contributed by atoms with van der Waals surface area (Å²) in [6, 6.07) is 150. The van der Waals surface area contributed by atoms with Crippen molar-refractivity contribution in [3.05, 3.63) is 413 Å². The highest BCUT2D eigenvalue weighted by molar-refractivity contribution is 8.00. The number of benzene rings is 20. The van der Waals surface area contributed by atoms with Gasteiger partial charge in [0.1, 0.15) is 22.3 Å². The van der Waals surface area contributed by atoms with Gasteiger partial charge >= 0.3 is 0 Å². The molecule has 0 fully saturated rings. The van der Waals surface area contributed by atoms with Crippen LogP contribution in [0.15, 0.2) is 461 Å². The largest absolute Gasteiger partial charge is 0.456 e. The summed E-state index contributed by atoms with van der Waals surface area (Å²) in [5.41, 5.74) is 29.0. The minimum Gasteiger partial charge on any atom is -0.456 e. The van der Waals surface area contributed by atoms with Crippen LogP contribution < -0.4 is 0 Å². The lowest BCUT2D eigenvalue weighted by Gasteiger charge is -2.19. The molecule has 4 aliphatic heterocycles. The molecule has 12 heteroatoms. The molecular formula is C120H68N4O2S6. The van der Waals surface area contributed by atoms with Crippen molar-refractivity contribution < 1.29 is 8.83 Å². The van der Waals surface area contributed by atoms with Crippen LogP contribution in [0.25, 0.3) is 239 Å². The number of nitrogens with zero attached hydrogens (tertiary/aromatic N) is 4. The van der Waals surface area contributed by atoms with Gasteiger partial charge in [-0.3, -0.25) is 0 Å². The Bertz CT molecular complexity index is 9290. The van der Waals surface area contributed by atoms with Gasteiger partial charge in [-0.25, -0.2) is 0 Å². The monoisotopic (exact) mass is 1790 g/mol. The number of aromatic nitrogens is 4. The van der Waals surface area contributed by atoms with Gasteiger partial charge in [0.25, 0.3) is 0 Å². The first kappa shape index (κ1) is 74.9. The van der Waals surface area contributed by atoms with E-state index in [1.54, 1.807) is 0 Å². The SMILES string of the molecule is c1ccc2c(c1)Sc1cccc3c4cc(-c5ccc6oc7ccccc7c6c5)ccc4n-2c13.c1ccc2c(c1)Sc1cccc3c4cc(-c5ccc6sc7ccccc7c6c5)ccc4n-2c13.c1ccc2c(c1)Sc1cccc3c4cc(-c5cccc6c5oc5ccccc56)ccc4n-2c13.c1ccc2c(c1)Sc1cccc3c4cc(-c5cccc6c5sc5ccccc56)ccc4n-2c13. The van der Waals surface area contributed by atoms with Gasteiger partial charge in [-0.2, -0.15) is 0 Å². The fourth-order valence-electron chi connectivity index (χ4n) is 21.3. The lowest BCUT2D eigenvalue weighted by molar-refractivity contribution is 0.669. The van der Waals surface area contributed by atoms with E-state index >= 15 is 0 Å². The number of fused-ring (bicyclic) bond motifs is 32. The van der Waals surface area contributed by atoms with Crippen LogP contribution in [0.1, 0.15) is 0 Å². The normalized spacial score (nSPS) is 12.7. The first-order valence-corrected chi connectivity index (χ1v) is 49.4. The maximum absolute atomic E-state index is 6.33. The number of hydrogen-bond donors (Lipinski definition) is 0. The van der Waals surface area contributed by atoms with Crippen LogP contribution in [0.3, 0.4) is 0 Å². The highest BCUT2D eigenvalue weighted by Crippen LogP contribution is 2.54. The van der Waals surface area contributed by atoms with E-state index in [9.17, 15) is 0 Å². The molecule has 0 atom stereocenters. The van der Waals surface area contributed by atoms with Crippen LogP contribution >= 0.6 is 69.7 Å². The highest BCUT2D eigenvalue weighted by Gasteiger charge is 2.30. The van der Waals surface area contributed by atoms with Gasteiger partial charge in [0.2, 0.25) is 0 Å². The third-order valence-corrected chi connectivity index (χ3v) is 34.0. The van der Waals surface area contributed by atoms with Crippen molar-refractivity contribution in [3.8, 4) is 67.3 Å². The lowest BCUT2D eigenvalue weighted by atomic mass is 10.0. The average molecular weight is 1790 g/mol. The summed E-state index contributed by atoms with van der Waals surface area (Å²) in [5.74, 6) is 0. The van der Waals surface area contributed by atoms with Crippen molar-refractivity contribution in [2.24, 2.45) is 0 Å². The molecule has 0 saturated heterocycles. The van der Waals surface area contributed by atoms with Crippen LogP contribution in [0.4, 0.5) is 0 Å². The molecule has 0 saturated carbocycles. The maximum atomic E-state index is 6.33. The standard InChI is InChI=1S/2C30H17NOS.2C30H17NS2/c1-3-12-26-20(7-1)22-10-5-8-19(30(22)32-26)18-15-16-24-23(17-18)21-9-6-14-28-29(21)31(24)25-11-2-4-13-27(25)33-28;1-3-9-26-20(6-1)23-17-19(13-15-27(23)32-26)18-12-14-24-22(16-18)21-7-5-11-29-30(21)31(24)25-8-2-4-10-28(25)33-29;1-3-12-26-20(7-1)22-10-5-8-19(30(22)33-26)18-15-16-24-23(17-18)21-9-6-14-28-29(21)31(24)25-11-2-4-13-27(25)32-28;1-3-9-26-20(6-1)23-17-19(13-15-27(23)32-26)18-12-14-24-22(16-18)21-7-5-11-29-30(21)31(24)25-8-2-4-10-28(25)33-29/h4*1-17H. The summed E-state index contributed by atoms with van der Waals surface area (Å²) in [6.07, 6.45) is 0. The second-order valence-corrected chi connectivity index (χ2v) is 40.8. The van der Waals surface area contributed by atoms with E-state index in [4.69, 9.17) is 8.83 Å². The molecule has 4 aliphatic rings. The van der Waals surface area contributed by atoms with E-state index in [-0.39, 0.29) is 0 Å². The van der Waals surface area contributed by atoms with Crippen molar-refractivity contribution in [3.63, 3.8) is 0 Å². The van der Waals surface area contributed by atoms with Crippen LogP contribution in [-0.2, 0) is 0 Å².